The molecule has 14 heteroatoms. The number of Topliss-reactive ketones (excluding diaryl/α,β-unsaturated/α-hetero) is 2. The zero-order valence-electron chi connectivity index (χ0n) is 43.8. The molecule has 2 heterocycles. The van der Waals surface area contributed by atoms with E-state index in [0.717, 1.165) is 157 Å². The molecule has 16 atom stereocenters. The van der Waals surface area contributed by atoms with E-state index in [1.54, 1.807) is 0 Å². The van der Waals surface area contributed by atoms with Gasteiger partial charge in [0.1, 0.15) is 11.6 Å². The fourth-order valence-corrected chi connectivity index (χ4v) is 17.7. The Balaban J connectivity index is 0.000000289. The summed E-state index contributed by atoms with van der Waals surface area (Å²) in [5.41, 5.74) is -0.356. The van der Waals surface area contributed by atoms with Crippen molar-refractivity contribution < 1.29 is 148 Å². The average molecular weight is 1070 g/mol. The fraction of sp³-hybridized carbons (Fsp3) is 0.944. The minimum atomic E-state index is -0.430. The third-order valence-electron chi connectivity index (χ3n) is 20.2. The van der Waals surface area contributed by atoms with Gasteiger partial charge in [0.05, 0.1) is 36.3 Å². The van der Waals surface area contributed by atoms with Crippen LogP contribution in [-0.4, -0.2) is 109 Å². The molecule has 0 aromatic heterocycles. The smallest absolute Gasteiger partial charge is 1.00 e. The number of rotatable bonds is 6. The molecular weight excluding hydrogens is 979 g/mol. The molecular formula is C54H93BrK2N2O9. The number of aliphatic hydroxyl groups is 2. The Morgan fingerprint density at radius 1 is 0.662 bits per heavy atom. The van der Waals surface area contributed by atoms with Crippen molar-refractivity contribution in [2.45, 2.75) is 175 Å². The van der Waals surface area contributed by atoms with Gasteiger partial charge in [-0.1, -0.05) is 37.2 Å². The third kappa shape index (κ3) is 15.1. The Morgan fingerprint density at radius 3 is 1.66 bits per heavy atom. The van der Waals surface area contributed by atoms with Gasteiger partial charge in [-0.2, -0.15) is 0 Å². The van der Waals surface area contributed by atoms with E-state index in [2.05, 4.69) is 51.8 Å². The third-order valence-corrected chi connectivity index (χ3v) is 20.7. The fourth-order valence-electron chi connectivity index (χ4n) is 17.3. The Kier molecular flexibility index (Phi) is 26.4. The summed E-state index contributed by atoms with van der Waals surface area (Å²) in [5.74, 6) is 9.63. The Morgan fingerprint density at radius 2 is 1.15 bits per heavy atom. The van der Waals surface area contributed by atoms with Crippen molar-refractivity contribution in [3.63, 3.8) is 0 Å². The van der Waals surface area contributed by atoms with Crippen LogP contribution in [-0.2, 0) is 28.7 Å². The molecule has 382 valence electrons. The molecule has 11 nitrogen and oxygen atoms in total. The molecule has 2 saturated heterocycles. The predicted octanol–water partition coefficient (Wildman–Crippen LogP) is 2.46. The summed E-state index contributed by atoms with van der Waals surface area (Å²) in [6.07, 6.45) is 23.9. The van der Waals surface area contributed by atoms with E-state index < -0.39 is 11.2 Å². The molecule has 0 unspecified atom stereocenters. The van der Waals surface area contributed by atoms with Crippen molar-refractivity contribution in [3.05, 3.63) is 0 Å². The molecule has 3 N–H and O–H groups in total. The summed E-state index contributed by atoms with van der Waals surface area (Å²) in [7, 11) is 0. The topological polar surface area (TPSA) is 158 Å². The molecule has 0 radical (unpaired) electrons. The van der Waals surface area contributed by atoms with Crippen LogP contribution in [0, 0.1) is 81.8 Å². The minimum Gasteiger partial charge on any atom is -1.00 e. The van der Waals surface area contributed by atoms with Crippen LogP contribution >= 0.6 is 15.9 Å². The second-order valence-electron chi connectivity index (χ2n) is 23.9. The van der Waals surface area contributed by atoms with Gasteiger partial charge in [0.2, 0.25) is 0 Å². The Hall–Kier alpha value is 2.28. The van der Waals surface area contributed by atoms with E-state index in [-0.39, 0.29) is 135 Å². The van der Waals surface area contributed by atoms with Gasteiger partial charge in [-0.05, 0) is 219 Å². The minimum absolute atomic E-state index is 0. The molecule has 10 rings (SSSR count). The summed E-state index contributed by atoms with van der Waals surface area (Å²) in [5, 5.41) is 33.3. The van der Waals surface area contributed by atoms with E-state index in [1.165, 1.54) is 83.5 Å². The van der Waals surface area contributed by atoms with Crippen LogP contribution in [0.2, 0.25) is 0 Å². The molecule has 68 heavy (non-hydrogen) atoms. The van der Waals surface area contributed by atoms with Gasteiger partial charge in [0, 0.05) is 44.7 Å². The van der Waals surface area contributed by atoms with Crippen LogP contribution in [0.25, 0.3) is 0 Å². The van der Waals surface area contributed by atoms with E-state index in [9.17, 15) is 19.8 Å². The molecule has 0 amide bonds. The SMILES string of the molecule is C.C1CNCCOC1.C[C@@]1(O)CC[C@H]2[C@H](CC[C@@H]3[C@@H]2CC[C@]2(C)[C@@H](C(=O)CBr)CC[C@@H]32)C1.C[C@@]1(O)CC[C@H]2[C@H](CC[C@@H]3[C@@H]2CC[C@]2(C)[C@@H](C(=O)CN4CCCOCC4)CC[C@@H]32)C1.O=CO[O-].[H-].[K+].[K+]. The van der Waals surface area contributed by atoms with Crippen LogP contribution in [0.15, 0.2) is 0 Å². The number of hydrogen-bond acceptors (Lipinski definition) is 11. The van der Waals surface area contributed by atoms with E-state index in [1.807, 2.05) is 6.92 Å². The molecule has 0 aromatic carbocycles. The molecule has 10 fully saturated rings. The number of carbonyl (C=O) groups excluding carboxylic acids is 3. The van der Waals surface area contributed by atoms with Crippen LogP contribution in [0.1, 0.15) is 165 Å². The van der Waals surface area contributed by atoms with Crippen molar-refractivity contribution in [2.75, 3.05) is 64.5 Å². The Labute approximate surface area is 507 Å². The maximum absolute atomic E-state index is 13.4. The van der Waals surface area contributed by atoms with Gasteiger partial charge in [-0.25, -0.2) is 0 Å². The second kappa shape index (κ2) is 28.6. The zero-order valence-corrected chi connectivity index (χ0v) is 50.6. The number of nitrogens with one attached hydrogen (secondary N) is 1. The number of ether oxygens (including phenoxy) is 2. The standard InChI is InChI=1S/C26H43NO3.C21H33BrO2.C5H11NO.CH2O3.CH4.2K.H/c1-25(29)10-8-19-18(16-25)4-5-21-20(19)9-11-26(2)22(21)6-7-23(26)24(28)17-27-12-3-14-30-15-13-27;1-20(24)9-7-14-13(11-20)3-4-16-15(14)8-10-21(2)17(16)5-6-18(21)19(23)12-22;1-2-6-3-5-7-4-1;2-1-4-3;;;;/h18-23,29H,3-17H2,1-2H3;13-18,24H,3-12H2,1-2H3;6H,1-5H2;1,3H;1H4;;;/q;;;;;2*+1;-1/p-1/t18-,19+,20-,21-,22+,23-,25-,26+;13-,14+,15-,16-,17+,18-,20-,21+;;;;;;/m11....../s1. The molecule has 0 bridgehead atoms. The van der Waals surface area contributed by atoms with Gasteiger partial charge in [-0.3, -0.25) is 19.3 Å². The molecule has 8 saturated carbocycles. The maximum atomic E-state index is 13.4. The largest absolute Gasteiger partial charge is 1.00 e. The number of fused-ring (bicyclic) bond motifs is 10. The molecule has 10 aliphatic rings. The molecule has 8 aliphatic carbocycles. The number of halogens is 1. The molecule has 0 aromatic rings. The van der Waals surface area contributed by atoms with Crippen molar-refractivity contribution in [1.29, 1.82) is 0 Å². The maximum Gasteiger partial charge on any atom is 1.00 e. The number of hydrogen-bond donors (Lipinski definition) is 3. The van der Waals surface area contributed by atoms with Crippen molar-refractivity contribution >= 4 is 34.0 Å². The van der Waals surface area contributed by atoms with E-state index >= 15 is 0 Å². The van der Waals surface area contributed by atoms with Crippen molar-refractivity contribution in [2.24, 2.45) is 81.8 Å². The normalized spacial score (nSPS) is 43.6. The van der Waals surface area contributed by atoms with Crippen LogP contribution < -0.4 is 113 Å². The zero-order chi connectivity index (χ0) is 46.4. The molecule has 0 spiro atoms. The first-order valence-electron chi connectivity index (χ1n) is 26.5. The monoisotopic (exact) mass is 1070 g/mol. The summed E-state index contributed by atoms with van der Waals surface area (Å²) in [6.45, 7) is 17.0. The van der Waals surface area contributed by atoms with Gasteiger partial charge >= 0.3 is 103 Å². The average Bonchev–Trinajstić information content (AvgIpc) is 3.50. The van der Waals surface area contributed by atoms with Crippen LogP contribution in [0.4, 0.5) is 0 Å². The number of alkyl halides is 1. The number of ketones is 2. The number of nitrogens with zero attached hydrogens (tertiary/aromatic N) is 1. The van der Waals surface area contributed by atoms with E-state index in [0.29, 0.717) is 29.4 Å². The summed E-state index contributed by atoms with van der Waals surface area (Å²) < 4.78 is 10.7. The Bertz CT molecular complexity index is 1560. The van der Waals surface area contributed by atoms with E-state index in [4.69, 9.17) is 19.5 Å². The first-order chi connectivity index (χ1) is 31.1. The van der Waals surface area contributed by atoms with Gasteiger partial charge in [0.25, 0.3) is 6.47 Å². The van der Waals surface area contributed by atoms with Crippen molar-refractivity contribution in [3.8, 4) is 0 Å². The van der Waals surface area contributed by atoms with Crippen LogP contribution in [0.3, 0.4) is 0 Å². The first-order valence-corrected chi connectivity index (χ1v) is 27.6. The second-order valence-corrected chi connectivity index (χ2v) is 24.5. The predicted molar refractivity (Wildman–Crippen MR) is 261 cm³/mol. The number of carbonyl (C=O) groups is 3. The molecule has 2 aliphatic heterocycles. The van der Waals surface area contributed by atoms with Crippen molar-refractivity contribution in [1.82, 2.24) is 10.2 Å². The summed E-state index contributed by atoms with van der Waals surface area (Å²) in [4.78, 5) is 39.5. The quantitative estimate of drug-likeness (QED) is 0.118. The first kappa shape index (κ1) is 62.8. The van der Waals surface area contributed by atoms with Gasteiger partial charge in [0.15, 0.2) is 0 Å². The summed E-state index contributed by atoms with van der Waals surface area (Å²) in [6, 6.07) is 0. The van der Waals surface area contributed by atoms with Crippen LogP contribution in [0.5, 0.6) is 0 Å². The van der Waals surface area contributed by atoms with Gasteiger partial charge < -0.3 is 36.6 Å². The summed E-state index contributed by atoms with van der Waals surface area (Å²) >= 11 is 3.42. The van der Waals surface area contributed by atoms with Gasteiger partial charge in [-0.15, -0.1) is 0 Å².